The summed E-state index contributed by atoms with van der Waals surface area (Å²) in [5.74, 6) is 1.72. The van der Waals surface area contributed by atoms with Crippen LogP contribution in [0.15, 0.2) is 18.5 Å². The summed E-state index contributed by atoms with van der Waals surface area (Å²) in [6, 6.07) is 1.99. The van der Waals surface area contributed by atoms with Gasteiger partial charge in [-0.15, -0.1) is 0 Å². The van der Waals surface area contributed by atoms with Crippen molar-refractivity contribution in [3.8, 4) is 0 Å². The van der Waals surface area contributed by atoms with Crippen LogP contribution in [0.2, 0.25) is 0 Å². The van der Waals surface area contributed by atoms with E-state index in [1.807, 2.05) is 17.9 Å². The molecule has 0 unspecified atom stereocenters. The number of hydrogen-bond acceptors (Lipinski definition) is 8. The van der Waals surface area contributed by atoms with Crippen molar-refractivity contribution in [1.82, 2.24) is 19.9 Å². The molecule has 8 heteroatoms. The quantitative estimate of drug-likeness (QED) is 0.826. The molecule has 2 aromatic rings. The average Bonchev–Trinajstić information content (AvgIpc) is 3.13. The standard InChI is InChI=1S/C17H22N6O2/c1-11-5-19-13(6-18-11)7-20-16-4-15(12-2-3-25-10-12)21-17(22-16)23-8-14(24)9-23/h4-6,12,14,24H,2-3,7-10H2,1H3,(H,20,21,22)/t12-/m0/s1. The van der Waals surface area contributed by atoms with Gasteiger partial charge in [-0.2, -0.15) is 4.98 Å². The van der Waals surface area contributed by atoms with Gasteiger partial charge in [-0.25, -0.2) is 4.98 Å². The predicted octanol–water partition coefficient (Wildman–Crippen LogP) is 0.872. The second kappa shape index (κ2) is 6.89. The Morgan fingerprint density at radius 2 is 2.16 bits per heavy atom. The van der Waals surface area contributed by atoms with Crippen molar-refractivity contribution in [1.29, 1.82) is 0 Å². The van der Waals surface area contributed by atoms with Gasteiger partial charge in [-0.05, 0) is 13.3 Å². The Balaban J connectivity index is 1.53. The van der Waals surface area contributed by atoms with Gasteiger partial charge in [0.15, 0.2) is 0 Å². The minimum Gasteiger partial charge on any atom is -0.389 e. The van der Waals surface area contributed by atoms with Gasteiger partial charge in [-0.1, -0.05) is 0 Å². The van der Waals surface area contributed by atoms with Crippen molar-refractivity contribution >= 4 is 11.8 Å². The van der Waals surface area contributed by atoms with Crippen LogP contribution in [0.5, 0.6) is 0 Å². The zero-order valence-corrected chi connectivity index (χ0v) is 14.2. The SMILES string of the molecule is Cc1cnc(CNc2cc([C@H]3CCOC3)nc(N3CC(O)C3)n2)cn1. The van der Waals surface area contributed by atoms with Crippen molar-refractivity contribution in [3.63, 3.8) is 0 Å². The number of hydrogen-bond donors (Lipinski definition) is 2. The Hall–Kier alpha value is -2.32. The summed E-state index contributed by atoms with van der Waals surface area (Å²) >= 11 is 0. The Bertz CT molecular complexity index is 726. The van der Waals surface area contributed by atoms with E-state index in [1.165, 1.54) is 0 Å². The molecule has 2 N–H and O–H groups in total. The second-order valence-corrected chi connectivity index (χ2v) is 6.60. The third-order valence-electron chi connectivity index (χ3n) is 4.51. The highest BCUT2D eigenvalue weighted by Gasteiger charge is 2.28. The van der Waals surface area contributed by atoms with Crippen LogP contribution in [0.1, 0.15) is 29.4 Å². The number of rotatable bonds is 5. The molecule has 0 aromatic carbocycles. The van der Waals surface area contributed by atoms with E-state index in [2.05, 4.69) is 20.3 Å². The zero-order chi connectivity index (χ0) is 17.2. The number of β-amino-alcohol motifs (C(OH)–C–C–N with tert-alkyl or cyclic N) is 1. The number of aliphatic hydroxyl groups excluding tert-OH is 1. The summed E-state index contributed by atoms with van der Waals surface area (Å²) in [5, 5.41) is 12.9. The van der Waals surface area contributed by atoms with E-state index in [-0.39, 0.29) is 6.10 Å². The molecule has 0 bridgehead atoms. The van der Waals surface area contributed by atoms with Crippen molar-refractivity contribution in [2.45, 2.75) is 31.9 Å². The molecule has 8 nitrogen and oxygen atoms in total. The van der Waals surface area contributed by atoms with Crippen molar-refractivity contribution in [2.75, 3.05) is 36.5 Å². The molecule has 0 spiro atoms. The van der Waals surface area contributed by atoms with E-state index in [1.54, 1.807) is 12.4 Å². The molecule has 0 aliphatic carbocycles. The molecule has 4 rings (SSSR count). The number of nitrogens with one attached hydrogen (secondary N) is 1. The predicted molar refractivity (Wildman–Crippen MR) is 92.5 cm³/mol. The van der Waals surface area contributed by atoms with Gasteiger partial charge >= 0.3 is 0 Å². The third-order valence-corrected chi connectivity index (χ3v) is 4.51. The van der Waals surface area contributed by atoms with Gasteiger partial charge in [0.2, 0.25) is 5.95 Å². The van der Waals surface area contributed by atoms with Crippen LogP contribution in [0.4, 0.5) is 11.8 Å². The summed E-state index contributed by atoms with van der Waals surface area (Å²) in [5.41, 5.74) is 2.74. The zero-order valence-electron chi connectivity index (χ0n) is 14.2. The van der Waals surface area contributed by atoms with E-state index in [4.69, 9.17) is 9.72 Å². The summed E-state index contributed by atoms with van der Waals surface area (Å²) in [7, 11) is 0. The minimum absolute atomic E-state index is 0.290. The molecule has 2 saturated heterocycles. The molecule has 132 valence electrons. The molecular formula is C17H22N6O2. The maximum absolute atomic E-state index is 9.56. The Morgan fingerprint density at radius 3 is 2.84 bits per heavy atom. The van der Waals surface area contributed by atoms with Crippen molar-refractivity contribution < 1.29 is 9.84 Å². The van der Waals surface area contributed by atoms with E-state index in [0.717, 1.165) is 35.9 Å². The van der Waals surface area contributed by atoms with Crippen LogP contribution in [0, 0.1) is 6.92 Å². The molecule has 0 radical (unpaired) electrons. The van der Waals surface area contributed by atoms with Crippen LogP contribution in [-0.2, 0) is 11.3 Å². The number of nitrogens with zero attached hydrogens (tertiary/aromatic N) is 5. The Labute approximate surface area is 146 Å². The van der Waals surface area contributed by atoms with Crippen LogP contribution >= 0.6 is 0 Å². The van der Waals surface area contributed by atoms with E-state index in [0.29, 0.717) is 38.1 Å². The lowest BCUT2D eigenvalue weighted by molar-refractivity contribution is 0.140. The van der Waals surface area contributed by atoms with E-state index < -0.39 is 0 Å². The normalized spacial score (nSPS) is 20.6. The van der Waals surface area contributed by atoms with E-state index in [9.17, 15) is 5.11 Å². The highest BCUT2D eigenvalue weighted by molar-refractivity contribution is 5.46. The fraction of sp³-hybridized carbons (Fsp3) is 0.529. The van der Waals surface area contributed by atoms with Gasteiger partial charge in [0, 0.05) is 37.9 Å². The van der Waals surface area contributed by atoms with Crippen LogP contribution < -0.4 is 10.2 Å². The molecule has 2 aliphatic rings. The smallest absolute Gasteiger partial charge is 0.227 e. The van der Waals surface area contributed by atoms with Gasteiger partial charge in [0.05, 0.1) is 42.5 Å². The molecule has 2 fully saturated rings. The monoisotopic (exact) mass is 342 g/mol. The Kier molecular flexibility index (Phi) is 4.46. The summed E-state index contributed by atoms with van der Waals surface area (Å²) in [4.78, 5) is 19.9. The van der Waals surface area contributed by atoms with Gasteiger partial charge in [0.25, 0.3) is 0 Å². The summed E-state index contributed by atoms with van der Waals surface area (Å²) in [6.07, 6.45) is 4.20. The van der Waals surface area contributed by atoms with Crippen LogP contribution in [0.25, 0.3) is 0 Å². The van der Waals surface area contributed by atoms with Gasteiger partial charge in [0.1, 0.15) is 5.82 Å². The van der Waals surface area contributed by atoms with Crippen molar-refractivity contribution in [2.24, 2.45) is 0 Å². The topological polar surface area (TPSA) is 96.3 Å². The van der Waals surface area contributed by atoms with Crippen molar-refractivity contribution in [3.05, 3.63) is 35.5 Å². The number of aliphatic hydroxyl groups is 1. The van der Waals surface area contributed by atoms with Gasteiger partial charge in [-0.3, -0.25) is 9.97 Å². The number of aromatic nitrogens is 4. The van der Waals surface area contributed by atoms with Crippen LogP contribution in [-0.4, -0.2) is 57.4 Å². The maximum Gasteiger partial charge on any atom is 0.227 e. The molecule has 2 aromatic heterocycles. The second-order valence-electron chi connectivity index (χ2n) is 6.60. The maximum atomic E-state index is 9.56. The number of ether oxygens (including phenoxy) is 1. The first-order valence-electron chi connectivity index (χ1n) is 8.58. The summed E-state index contributed by atoms with van der Waals surface area (Å²) in [6.45, 7) is 5.09. The molecule has 0 amide bonds. The molecule has 0 saturated carbocycles. The van der Waals surface area contributed by atoms with Crippen LogP contribution in [0.3, 0.4) is 0 Å². The lowest BCUT2D eigenvalue weighted by atomic mass is 10.0. The van der Waals surface area contributed by atoms with Gasteiger partial charge < -0.3 is 20.1 Å². The molecule has 25 heavy (non-hydrogen) atoms. The highest BCUT2D eigenvalue weighted by atomic mass is 16.5. The fourth-order valence-electron chi connectivity index (χ4n) is 2.97. The lowest BCUT2D eigenvalue weighted by Gasteiger charge is -2.36. The lowest BCUT2D eigenvalue weighted by Crippen LogP contribution is -2.51. The Morgan fingerprint density at radius 1 is 1.28 bits per heavy atom. The minimum atomic E-state index is -0.290. The summed E-state index contributed by atoms with van der Waals surface area (Å²) < 4.78 is 5.50. The number of anilines is 2. The average molecular weight is 342 g/mol. The largest absolute Gasteiger partial charge is 0.389 e. The third kappa shape index (κ3) is 3.69. The first kappa shape index (κ1) is 16.2. The fourth-order valence-corrected chi connectivity index (χ4v) is 2.97. The number of aryl methyl sites for hydroxylation is 1. The molecule has 4 heterocycles. The first-order chi connectivity index (χ1) is 12.2. The molecule has 1 atom stereocenters. The highest BCUT2D eigenvalue weighted by Crippen LogP contribution is 2.28. The molecular weight excluding hydrogens is 320 g/mol. The van der Waals surface area contributed by atoms with E-state index >= 15 is 0 Å². The first-order valence-corrected chi connectivity index (χ1v) is 8.58. The molecule has 2 aliphatic heterocycles.